The smallest absolute Gasteiger partial charge is 0.0959 e. The predicted molar refractivity (Wildman–Crippen MR) is 58.0 cm³/mol. The zero-order valence-electron chi connectivity index (χ0n) is 8.37. The monoisotopic (exact) mass is 196 g/mol. The Bertz CT molecular complexity index is 286. The number of aromatic nitrogens is 1. The molecule has 0 radical (unpaired) electrons. The van der Waals surface area contributed by atoms with E-state index in [4.69, 9.17) is 5.73 Å². The molecular formula is C10H16N2S. The van der Waals surface area contributed by atoms with Crippen LogP contribution in [-0.4, -0.2) is 11.2 Å². The molecule has 1 rings (SSSR count). The Hall–Kier alpha value is -0.540. The predicted octanol–water partition coefficient (Wildman–Crippen LogP) is 2.52. The van der Waals surface area contributed by atoms with Crippen LogP contribution in [0.2, 0.25) is 0 Å². The van der Waals surface area contributed by atoms with Crippen molar-refractivity contribution in [1.82, 2.24) is 4.98 Å². The van der Waals surface area contributed by atoms with Crippen LogP contribution in [0, 0.1) is 6.92 Å². The van der Waals surface area contributed by atoms with Gasteiger partial charge in [-0.3, -0.25) is 0 Å². The summed E-state index contributed by atoms with van der Waals surface area (Å²) in [4.78, 5) is 4.31. The number of hydrogen-bond acceptors (Lipinski definition) is 3. The van der Waals surface area contributed by atoms with Crippen LogP contribution in [0.5, 0.6) is 0 Å². The molecular weight excluding hydrogens is 180 g/mol. The highest BCUT2D eigenvalue weighted by atomic mass is 32.2. The zero-order valence-corrected chi connectivity index (χ0v) is 9.19. The van der Waals surface area contributed by atoms with Crippen LogP contribution in [0.25, 0.3) is 0 Å². The molecule has 0 aromatic carbocycles. The molecule has 13 heavy (non-hydrogen) atoms. The van der Waals surface area contributed by atoms with Crippen LogP contribution in [-0.2, 0) is 0 Å². The molecule has 0 aliphatic carbocycles. The molecule has 0 spiro atoms. The summed E-state index contributed by atoms with van der Waals surface area (Å²) in [6.07, 6.45) is 4.89. The number of hydrogen-bond donors (Lipinski definition) is 1. The van der Waals surface area contributed by atoms with Crippen LogP contribution in [0.4, 0.5) is 0 Å². The Morgan fingerprint density at radius 2 is 2.31 bits per heavy atom. The van der Waals surface area contributed by atoms with Crippen molar-refractivity contribution in [3.63, 3.8) is 0 Å². The van der Waals surface area contributed by atoms with Gasteiger partial charge >= 0.3 is 0 Å². The minimum Gasteiger partial charge on any atom is -0.324 e. The molecule has 0 fully saturated rings. The summed E-state index contributed by atoms with van der Waals surface area (Å²) in [6.45, 7) is 4.18. The normalized spacial score (nSPS) is 12.9. The Kier molecular flexibility index (Phi) is 3.75. The first-order valence-electron chi connectivity index (χ1n) is 4.45. The number of nitrogens with zero attached hydrogens (tertiary/aromatic N) is 1. The molecule has 2 nitrogen and oxygen atoms in total. The topological polar surface area (TPSA) is 38.9 Å². The molecule has 0 unspecified atom stereocenters. The van der Waals surface area contributed by atoms with Gasteiger partial charge in [0, 0.05) is 12.2 Å². The molecule has 3 heteroatoms. The van der Waals surface area contributed by atoms with Crippen molar-refractivity contribution in [2.45, 2.75) is 31.3 Å². The summed E-state index contributed by atoms with van der Waals surface area (Å²) in [5, 5.41) is 1.06. The summed E-state index contributed by atoms with van der Waals surface area (Å²) in [5.74, 6) is 0. The number of rotatable bonds is 3. The van der Waals surface area contributed by atoms with Crippen molar-refractivity contribution >= 4 is 11.8 Å². The fourth-order valence-electron chi connectivity index (χ4n) is 1.26. The van der Waals surface area contributed by atoms with Gasteiger partial charge in [0.15, 0.2) is 0 Å². The van der Waals surface area contributed by atoms with Crippen LogP contribution >= 0.6 is 11.8 Å². The SMILES string of the molecule is CC[C@@H](N)c1cnc(SC)cc1C. The summed E-state index contributed by atoms with van der Waals surface area (Å²) < 4.78 is 0. The summed E-state index contributed by atoms with van der Waals surface area (Å²) in [5.41, 5.74) is 8.35. The van der Waals surface area contributed by atoms with E-state index in [1.165, 1.54) is 11.1 Å². The van der Waals surface area contributed by atoms with E-state index >= 15 is 0 Å². The van der Waals surface area contributed by atoms with Crippen LogP contribution in [0.15, 0.2) is 17.3 Å². The molecule has 0 saturated heterocycles. The average Bonchev–Trinajstić information content (AvgIpc) is 2.16. The summed E-state index contributed by atoms with van der Waals surface area (Å²) in [7, 11) is 0. The van der Waals surface area contributed by atoms with Crippen LogP contribution < -0.4 is 5.73 Å². The molecule has 2 N–H and O–H groups in total. The second-order valence-corrected chi connectivity index (χ2v) is 3.92. The van der Waals surface area contributed by atoms with E-state index in [1.807, 2.05) is 12.5 Å². The molecule has 1 aromatic rings. The first kappa shape index (κ1) is 10.5. The molecule has 0 aliphatic rings. The first-order valence-corrected chi connectivity index (χ1v) is 5.67. The molecule has 1 heterocycles. The Balaban J connectivity index is 2.98. The first-order chi connectivity index (χ1) is 6.19. The van der Waals surface area contributed by atoms with Crippen molar-refractivity contribution < 1.29 is 0 Å². The summed E-state index contributed by atoms with van der Waals surface area (Å²) >= 11 is 1.66. The highest BCUT2D eigenvalue weighted by Crippen LogP contribution is 2.21. The maximum atomic E-state index is 5.94. The van der Waals surface area contributed by atoms with Crippen molar-refractivity contribution in [1.29, 1.82) is 0 Å². The highest BCUT2D eigenvalue weighted by Gasteiger charge is 2.07. The van der Waals surface area contributed by atoms with Crippen LogP contribution in [0.1, 0.15) is 30.5 Å². The van der Waals surface area contributed by atoms with Crippen molar-refractivity contribution in [2.24, 2.45) is 5.73 Å². The van der Waals surface area contributed by atoms with E-state index in [1.54, 1.807) is 11.8 Å². The van der Waals surface area contributed by atoms with E-state index in [2.05, 4.69) is 24.9 Å². The van der Waals surface area contributed by atoms with Gasteiger partial charge in [-0.05, 0) is 36.8 Å². The van der Waals surface area contributed by atoms with Gasteiger partial charge in [-0.2, -0.15) is 0 Å². The van der Waals surface area contributed by atoms with Crippen molar-refractivity contribution in [3.05, 3.63) is 23.4 Å². The lowest BCUT2D eigenvalue weighted by Gasteiger charge is -2.12. The minimum absolute atomic E-state index is 0.128. The van der Waals surface area contributed by atoms with Crippen LogP contribution in [0.3, 0.4) is 0 Å². The molecule has 1 atom stereocenters. The lowest BCUT2D eigenvalue weighted by Crippen LogP contribution is -2.10. The second-order valence-electron chi connectivity index (χ2n) is 3.10. The maximum absolute atomic E-state index is 5.94. The average molecular weight is 196 g/mol. The van der Waals surface area contributed by atoms with Gasteiger partial charge in [0.25, 0.3) is 0 Å². The number of thioether (sulfide) groups is 1. The second kappa shape index (κ2) is 4.63. The molecule has 0 bridgehead atoms. The fraction of sp³-hybridized carbons (Fsp3) is 0.500. The standard InChI is InChI=1S/C10H16N2S/c1-4-9(11)8-6-12-10(13-3)5-7(8)2/h5-6,9H,4,11H2,1-3H3/t9-/m1/s1. The number of nitrogens with two attached hydrogens (primary N) is 1. The van der Waals surface area contributed by atoms with Gasteiger partial charge in [-0.25, -0.2) is 4.98 Å². The molecule has 0 saturated carbocycles. The minimum atomic E-state index is 0.128. The van der Waals surface area contributed by atoms with Gasteiger partial charge in [-0.1, -0.05) is 6.92 Å². The summed E-state index contributed by atoms with van der Waals surface area (Å²) in [6, 6.07) is 2.22. The third-order valence-electron chi connectivity index (χ3n) is 2.17. The fourth-order valence-corrected chi connectivity index (χ4v) is 1.71. The van der Waals surface area contributed by atoms with Crippen molar-refractivity contribution in [2.75, 3.05) is 6.26 Å². The Morgan fingerprint density at radius 3 is 2.77 bits per heavy atom. The van der Waals surface area contributed by atoms with Gasteiger partial charge in [0.2, 0.25) is 0 Å². The molecule has 72 valence electrons. The number of aryl methyl sites for hydroxylation is 1. The molecule has 0 amide bonds. The van der Waals surface area contributed by atoms with Gasteiger partial charge in [0.05, 0.1) is 5.03 Å². The lowest BCUT2D eigenvalue weighted by molar-refractivity contribution is 0.687. The largest absolute Gasteiger partial charge is 0.324 e. The van der Waals surface area contributed by atoms with Gasteiger partial charge < -0.3 is 5.73 Å². The lowest BCUT2D eigenvalue weighted by atomic mass is 10.0. The van der Waals surface area contributed by atoms with E-state index in [0.29, 0.717) is 0 Å². The Morgan fingerprint density at radius 1 is 1.62 bits per heavy atom. The highest BCUT2D eigenvalue weighted by molar-refractivity contribution is 7.98. The maximum Gasteiger partial charge on any atom is 0.0959 e. The molecule has 1 aromatic heterocycles. The molecule has 0 aliphatic heterocycles. The Labute approximate surface area is 83.9 Å². The van der Waals surface area contributed by atoms with Gasteiger partial charge in [0.1, 0.15) is 0 Å². The zero-order chi connectivity index (χ0) is 9.84. The van der Waals surface area contributed by atoms with E-state index in [-0.39, 0.29) is 6.04 Å². The van der Waals surface area contributed by atoms with E-state index in [9.17, 15) is 0 Å². The quantitative estimate of drug-likeness (QED) is 0.755. The van der Waals surface area contributed by atoms with Crippen molar-refractivity contribution in [3.8, 4) is 0 Å². The number of pyridine rings is 1. The third-order valence-corrected chi connectivity index (χ3v) is 2.82. The van der Waals surface area contributed by atoms with Gasteiger partial charge in [-0.15, -0.1) is 11.8 Å². The van der Waals surface area contributed by atoms with E-state index < -0.39 is 0 Å². The third kappa shape index (κ3) is 2.45. The van der Waals surface area contributed by atoms with E-state index in [0.717, 1.165) is 11.4 Å².